The number of carbonyl (C=O) groups is 2. The lowest BCUT2D eigenvalue weighted by Crippen LogP contribution is -2.27. The van der Waals surface area contributed by atoms with Gasteiger partial charge in [-0.2, -0.15) is 0 Å². The molecule has 0 aliphatic rings. The van der Waals surface area contributed by atoms with Crippen LogP contribution >= 0.6 is 0 Å². The number of carbonyl (C=O) groups excluding carboxylic acids is 2. The maximum absolute atomic E-state index is 11.7. The minimum Gasteiger partial charge on any atom is -0.465 e. The topological polar surface area (TPSA) is 97.8 Å². The number of hydrogen-bond acceptors (Lipinski definition) is 6. The smallest absolute Gasteiger partial charge is 0.412 e. The van der Waals surface area contributed by atoms with E-state index in [1.54, 1.807) is 20.8 Å². The molecule has 0 bridgehead atoms. The lowest BCUT2D eigenvalue weighted by molar-refractivity contribution is 0.0595. The summed E-state index contributed by atoms with van der Waals surface area (Å²) >= 11 is 0. The molecule has 1 aromatic rings. The van der Waals surface area contributed by atoms with Crippen molar-refractivity contribution in [2.75, 3.05) is 12.4 Å². The zero-order valence-electron chi connectivity index (χ0n) is 11.9. The van der Waals surface area contributed by atoms with Crippen molar-refractivity contribution in [2.45, 2.75) is 33.0 Å². The number of methoxy groups -OCH3 is 1. The number of amides is 1. The third-order valence-corrected chi connectivity index (χ3v) is 2.18. The summed E-state index contributed by atoms with van der Waals surface area (Å²) < 4.78 is 9.66. The van der Waals surface area contributed by atoms with Gasteiger partial charge in [0.1, 0.15) is 5.60 Å². The molecular weight excluding hydrogens is 264 g/mol. The van der Waals surface area contributed by atoms with Crippen molar-refractivity contribution in [2.24, 2.45) is 0 Å². The molecule has 110 valence electrons. The van der Waals surface area contributed by atoms with E-state index in [2.05, 4.69) is 15.0 Å². The van der Waals surface area contributed by atoms with E-state index in [0.29, 0.717) is 0 Å². The standard InChI is InChI=1S/C13H18N2O5/c1-13(2,3)20-12(18)15-9-5-8(11(17)19-4)6-14-10(9)7-16/h5-6,16H,7H2,1-4H3,(H,15,18). The highest BCUT2D eigenvalue weighted by Crippen LogP contribution is 2.17. The van der Waals surface area contributed by atoms with Gasteiger partial charge in [0.15, 0.2) is 0 Å². The molecule has 20 heavy (non-hydrogen) atoms. The Kier molecular flexibility index (Phi) is 5.04. The first-order valence-corrected chi connectivity index (χ1v) is 5.95. The molecule has 0 saturated heterocycles. The number of esters is 1. The third-order valence-electron chi connectivity index (χ3n) is 2.18. The van der Waals surface area contributed by atoms with Crippen molar-refractivity contribution in [3.63, 3.8) is 0 Å². The summed E-state index contributed by atoms with van der Waals surface area (Å²) in [6, 6.07) is 1.37. The van der Waals surface area contributed by atoms with Gasteiger partial charge in [-0.15, -0.1) is 0 Å². The average Bonchev–Trinajstić information content (AvgIpc) is 2.35. The van der Waals surface area contributed by atoms with E-state index in [1.807, 2.05) is 0 Å². The van der Waals surface area contributed by atoms with Crippen molar-refractivity contribution in [1.29, 1.82) is 0 Å². The van der Waals surface area contributed by atoms with E-state index in [4.69, 9.17) is 4.74 Å². The molecule has 0 aliphatic carbocycles. The highest BCUT2D eigenvalue weighted by Gasteiger charge is 2.18. The molecule has 1 rings (SSSR count). The third kappa shape index (κ3) is 4.51. The number of nitrogens with zero attached hydrogens (tertiary/aromatic N) is 1. The number of pyridine rings is 1. The van der Waals surface area contributed by atoms with E-state index in [-0.39, 0.29) is 23.6 Å². The van der Waals surface area contributed by atoms with Crippen molar-refractivity contribution >= 4 is 17.7 Å². The summed E-state index contributed by atoms with van der Waals surface area (Å²) in [5, 5.41) is 11.6. The molecular formula is C13H18N2O5. The monoisotopic (exact) mass is 282 g/mol. The second kappa shape index (κ2) is 6.33. The predicted molar refractivity (Wildman–Crippen MR) is 71.4 cm³/mol. The SMILES string of the molecule is COC(=O)c1cnc(CO)c(NC(=O)OC(C)(C)C)c1. The van der Waals surface area contributed by atoms with Crippen LogP contribution in [0.25, 0.3) is 0 Å². The second-order valence-corrected chi connectivity index (χ2v) is 4.99. The van der Waals surface area contributed by atoms with Gasteiger partial charge in [-0.25, -0.2) is 9.59 Å². The van der Waals surface area contributed by atoms with Crippen LogP contribution in [0, 0.1) is 0 Å². The van der Waals surface area contributed by atoms with Crippen molar-refractivity contribution in [3.8, 4) is 0 Å². The number of aliphatic hydroxyl groups is 1. The highest BCUT2D eigenvalue weighted by molar-refractivity contribution is 5.92. The number of hydrogen-bond donors (Lipinski definition) is 2. The Balaban J connectivity index is 2.97. The number of aliphatic hydroxyl groups excluding tert-OH is 1. The Morgan fingerprint density at radius 2 is 2.05 bits per heavy atom. The second-order valence-electron chi connectivity index (χ2n) is 4.99. The van der Waals surface area contributed by atoms with Gasteiger partial charge in [0, 0.05) is 6.20 Å². The molecule has 1 aromatic heterocycles. The van der Waals surface area contributed by atoms with Crippen LogP contribution < -0.4 is 5.32 Å². The van der Waals surface area contributed by atoms with E-state index in [1.165, 1.54) is 19.4 Å². The van der Waals surface area contributed by atoms with Crippen LogP contribution in [0.3, 0.4) is 0 Å². The fourth-order valence-corrected chi connectivity index (χ4v) is 1.37. The minimum atomic E-state index is -0.698. The van der Waals surface area contributed by atoms with Gasteiger partial charge in [0.25, 0.3) is 0 Å². The average molecular weight is 282 g/mol. The summed E-state index contributed by atoms with van der Waals surface area (Å²) in [5.74, 6) is -0.589. The summed E-state index contributed by atoms with van der Waals surface area (Å²) in [5.41, 5.74) is -0.0689. The molecule has 1 heterocycles. The fourth-order valence-electron chi connectivity index (χ4n) is 1.37. The first kappa shape index (κ1) is 15.9. The summed E-state index contributed by atoms with van der Waals surface area (Å²) in [4.78, 5) is 27.0. The number of rotatable bonds is 3. The van der Waals surface area contributed by atoms with Crippen LogP contribution in [0.2, 0.25) is 0 Å². The maximum atomic E-state index is 11.7. The molecule has 0 aromatic carbocycles. The van der Waals surface area contributed by atoms with E-state index in [9.17, 15) is 14.7 Å². The van der Waals surface area contributed by atoms with Gasteiger partial charge in [-0.05, 0) is 26.8 Å². The summed E-state index contributed by atoms with van der Waals surface area (Å²) in [7, 11) is 1.24. The summed E-state index contributed by atoms with van der Waals surface area (Å²) in [6.07, 6.45) is 0.563. The molecule has 1 amide bonds. The molecule has 0 radical (unpaired) electrons. The van der Waals surface area contributed by atoms with Crippen LogP contribution in [0.5, 0.6) is 0 Å². The van der Waals surface area contributed by atoms with Gasteiger partial charge < -0.3 is 14.6 Å². The normalized spacial score (nSPS) is 10.8. The van der Waals surface area contributed by atoms with Crippen molar-refractivity contribution < 1.29 is 24.2 Å². The van der Waals surface area contributed by atoms with Crippen LogP contribution in [-0.4, -0.2) is 34.9 Å². The molecule has 0 fully saturated rings. The maximum Gasteiger partial charge on any atom is 0.412 e. The molecule has 0 aliphatic heterocycles. The molecule has 2 N–H and O–H groups in total. The molecule has 0 unspecified atom stereocenters. The Morgan fingerprint density at radius 3 is 2.55 bits per heavy atom. The minimum absolute atomic E-state index is 0.163. The van der Waals surface area contributed by atoms with Gasteiger partial charge in [0.2, 0.25) is 0 Å². The van der Waals surface area contributed by atoms with Crippen LogP contribution in [0.15, 0.2) is 12.3 Å². The van der Waals surface area contributed by atoms with E-state index >= 15 is 0 Å². The van der Waals surface area contributed by atoms with Crippen LogP contribution in [0.1, 0.15) is 36.8 Å². The molecule has 0 atom stereocenters. The van der Waals surface area contributed by atoms with Crippen LogP contribution in [0.4, 0.5) is 10.5 Å². The largest absolute Gasteiger partial charge is 0.465 e. The zero-order chi connectivity index (χ0) is 15.3. The fraction of sp³-hybridized carbons (Fsp3) is 0.462. The van der Waals surface area contributed by atoms with Gasteiger partial charge in [0.05, 0.1) is 30.7 Å². The first-order chi connectivity index (χ1) is 9.26. The van der Waals surface area contributed by atoms with E-state index < -0.39 is 17.7 Å². The highest BCUT2D eigenvalue weighted by atomic mass is 16.6. The number of nitrogens with one attached hydrogen (secondary N) is 1. The first-order valence-electron chi connectivity index (χ1n) is 5.95. The number of anilines is 1. The molecule has 0 saturated carbocycles. The number of aromatic nitrogens is 1. The van der Waals surface area contributed by atoms with Gasteiger partial charge in [-0.3, -0.25) is 10.3 Å². The lowest BCUT2D eigenvalue weighted by atomic mass is 10.2. The Hall–Kier alpha value is -2.15. The van der Waals surface area contributed by atoms with Crippen LogP contribution in [-0.2, 0) is 16.1 Å². The molecule has 7 nitrogen and oxygen atoms in total. The Labute approximate surface area is 116 Å². The Bertz CT molecular complexity index is 508. The van der Waals surface area contributed by atoms with Gasteiger partial charge >= 0.3 is 12.1 Å². The van der Waals surface area contributed by atoms with E-state index in [0.717, 1.165) is 0 Å². The summed E-state index contributed by atoms with van der Waals surface area (Å²) in [6.45, 7) is 4.79. The number of ether oxygens (including phenoxy) is 2. The molecule has 0 spiro atoms. The quantitative estimate of drug-likeness (QED) is 0.819. The predicted octanol–water partition coefficient (Wildman–Crippen LogP) is 1.71. The van der Waals surface area contributed by atoms with Crippen molar-refractivity contribution in [3.05, 3.63) is 23.5 Å². The molecule has 7 heteroatoms. The van der Waals surface area contributed by atoms with Gasteiger partial charge in [-0.1, -0.05) is 0 Å². The van der Waals surface area contributed by atoms with Crippen molar-refractivity contribution in [1.82, 2.24) is 4.98 Å². The lowest BCUT2D eigenvalue weighted by Gasteiger charge is -2.20. The Morgan fingerprint density at radius 1 is 1.40 bits per heavy atom. The zero-order valence-corrected chi connectivity index (χ0v) is 11.9.